The van der Waals surface area contributed by atoms with E-state index >= 15 is 0 Å². The molecule has 0 bridgehead atoms. The van der Waals surface area contributed by atoms with Crippen molar-refractivity contribution in [3.05, 3.63) is 41.4 Å². The molecule has 0 fully saturated rings. The summed E-state index contributed by atoms with van der Waals surface area (Å²) in [4.78, 5) is 14.8. The van der Waals surface area contributed by atoms with Gasteiger partial charge in [-0.25, -0.2) is 9.78 Å². The first-order valence-corrected chi connectivity index (χ1v) is 4.94. The van der Waals surface area contributed by atoms with Crippen molar-refractivity contribution in [3.8, 4) is 0 Å². The molecule has 2 aromatic rings. The van der Waals surface area contributed by atoms with E-state index in [0.29, 0.717) is 0 Å². The Morgan fingerprint density at radius 1 is 1.44 bits per heavy atom. The van der Waals surface area contributed by atoms with E-state index in [1.165, 1.54) is 0 Å². The third kappa shape index (κ3) is 1.82. The molecule has 0 radical (unpaired) electrons. The van der Waals surface area contributed by atoms with Gasteiger partial charge in [-0.2, -0.15) is 0 Å². The fourth-order valence-electron chi connectivity index (χ4n) is 1.64. The minimum absolute atomic E-state index is 0.807. The molecule has 1 N–H and O–H groups in total. The smallest absolute Gasteiger partial charge is 0.328 e. The minimum Gasteiger partial charge on any atom is -0.478 e. The molecule has 82 valence electrons. The van der Waals surface area contributed by atoms with E-state index in [2.05, 4.69) is 4.98 Å². The zero-order chi connectivity index (χ0) is 11.7. The van der Waals surface area contributed by atoms with Crippen molar-refractivity contribution in [2.45, 2.75) is 13.8 Å². The van der Waals surface area contributed by atoms with Crippen molar-refractivity contribution in [1.82, 2.24) is 9.38 Å². The summed E-state index contributed by atoms with van der Waals surface area (Å²) in [5.74, 6) is -0.956. The average Bonchev–Trinajstić information content (AvgIpc) is 2.51. The van der Waals surface area contributed by atoms with Gasteiger partial charge >= 0.3 is 5.97 Å². The molecular weight excluding hydrogens is 204 g/mol. The third-order valence-electron chi connectivity index (χ3n) is 2.37. The second-order valence-electron chi connectivity index (χ2n) is 3.69. The number of aromatic nitrogens is 2. The second-order valence-corrected chi connectivity index (χ2v) is 3.69. The van der Waals surface area contributed by atoms with E-state index in [9.17, 15) is 4.79 Å². The Kier molecular flexibility index (Phi) is 2.48. The highest BCUT2D eigenvalue weighted by Gasteiger charge is 2.05. The molecule has 0 atom stereocenters. The lowest BCUT2D eigenvalue weighted by atomic mass is 10.3. The molecule has 0 aliphatic rings. The molecule has 0 aromatic carbocycles. The van der Waals surface area contributed by atoms with Crippen LogP contribution in [0.2, 0.25) is 0 Å². The molecule has 0 saturated carbocycles. The lowest BCUT2D eigenvalue weighted by Crippen LogP contribution is -1.91. The molecule has 4 heteroatoms. The number of aliphatic carboxylic acids is 1. The van der Waals surface area contributed by atoms with E-state index in [4.69, 9.17) is 5.11 Å². The Balaban J connectivity index is 2.62. The van der Waals surface area contributed by atoms with Crippen molar-refractivity contribution in [2.75, 3.05) is 0 Å². The number of carbonyl (C=O) groups is 1. The normalized spacial score (nSPS) is 11.4. The number of hydrogen-bond acceptors (Lipinski definition) is 2. The van der Waals surface area contributed by atoms with Crippen molar-refractivity contribution < 1.29 is 9.90 Å². The second kappa shape index (κ2) is 3.81. The van der Waals surface area contributed by atoms with Crippen molar-refractivity contribution in [3.63, 3.8) is 0 Å². The van der Waals surface area contributed by atoms with Crippen LogP contribution in [0.3, 0.4) is 0 Å². The topological polar surface area (TPSA) is 54.6 Å². The number of carboxylic acid groups (broad SMARTS) is 1. The summed E-state index contributed by atoms with van der Waals surface area (Å²) < 4.78 is 1.89. The first-order chi connectivity index (χ1) is 7.58. The van der Waals surface area contributed by atoms with E-state index in [0.717, 1.165) is 28.7 Å². The number of imidazole rings is 1. The molecule has 0 spiro atoms. The van der Waals surface area contributed by atoms with Crippen LogP contribution < -0.4 is 0 Å². The van der Waals surface area contributed by atoms with Gasteiger partial charge in [0.25, 0.3) is 0 Å². The summed E-state index contributed by atoms with van der Waals surface area (Å²) in [6.07, 6.45) is 4.63. The lowest BCUT2D eigenvalue weighted by Gasteiger charge is -1.98. The molecule has 4 nitrogen and oxygen atoms in total. The molecule has 0 aliphatic heterocycles. The number of aryl methyl sites for hydroxylation is 2. The lowest BCUT2D eigenvalue weighted by molar-refractivity contribution is -0.131. The number of rotatable bonds is 2. The van der Waals surface area contributed by atoms with Gasteiger partial charge in [-0.05, 0) is 31.6 Å². The van der Waals surface area contributed by atoms with Crippen molar-refractivity contribution >= 4 is 17.7 Å². The van der Waals surface area contributed by atoms with Crippen LogP contribution in [0.5, 0.6) is 0 Å². The Bertz CT molecular complexity index is 582. The number of hydrogen-bond donors (Lipinski definition) is 1. The molecule has 0 aliphatic carbocycles. The number of pyridine rings is 1. The third-order valence-corrected chi connectivity index (χ3v) is 2.37. The highest BCUT2D eigenvalue weighted by atomic mass is 16.4. The average molecular weight is 216 g/mol. The predicted octanol–water partition coefficient (Wildman–Crippen LogP) is 2.05. The molecule has 0 saturated heterocycles. The highest BCUT2D eigenvalue weighted by Crippen LogP contribution is 2.14. The summed E-state index contributed by atoms with van der Waals surface area (Å²) in [7, 11) is 0. The van der Waals surface area contributed by atoms with E-state index in [1.807, 2.05) is 36.6 Å². The Labute approximate surface area is 92.9 Å². The monoisotopic (exact) mass is 216 g/mol. The summed E-state index contributed by atoms with van der Waals surface area (Å²) in [5, 5.41) is 8.61. The number of fused-ring (bicyclic) bond motifs is 1. The Morgan fingerprint density at radius 3 is 2.88 bits per heavy atom. The fraction of sp³-hybridized carbons (Fsp3) is 0.167. The van der Waals surface area contributed by atoms with Crippen LogP contribution in [0.15, 0.2) is 24.4 Å². The largest absolute Gasteiger partial charge is 0.478 e. The van der Waals surface area contributed by atoms with Gasteiger partial charge in [0.2, 0.25) is 0 Å². The fourth-order valence-corrected chi connectivity index (χ4v) is 1.64. The zero-order valence-corrected chi connectivity index (χ0v) is 9.14. The summed E-state index contributed by atoms with van der Waals surface area (Å²) >= 11 is 0. The van der Waals surface area contributed by atoms with Gasteiger partial charge in [0, 0.05) is 12.3 Å². The van der Waals surface area contributed by atoms with Gasteiger partial charge in [0.05, 0.1) is 11.4 Å². The van der Waals surface area contributed by atoms with Gasteiger partial charge < -0.3 is 5.11 Å². The summed E-state index contributed by atoms with van der Waals surface area (Å²) in [6.45, 7) is 3.85. The molecule has 2 rings (SSSR count). The maximum Gasteiger partial charge on any atom is 0.328 e. The Morgan fingerprint density at radius 2 is 2.19 bits per heavy atom. The van der Waals surface area contributed by atoms with E-state index < -0.39 is 5.97 Å². The van der Waals surface area contributed by atoms with Gasteiger partial charge in [-0.3, -0.25) is 4.40 Å². The molecular formula is C12H12N2O2. The van der Waals surface area contributed by atoms with Crippen LogP contribution >= 0.6 is 0 Å². The Hall–Kier alpha value is -2.10. The maximum absolute atomic E-state index is 10.5. The minimum atomic E-state index is -0.956. The highest BCUT2D eigenvalue weighted by molar-refractivity contribution is 5.85. The van der Waals surface area contributed by atoms with Crippen LogP contribution in [0, 0.1) is 13.8 Å². The van der Waals surface area contributed by atoms with Crippen LogP contribution in [0.1, 0.15) is 17.0 Å². The SMILES string of the molecule is Cc1ccc2nc(C)c(/C=C/C(=O)O)n2c1. The number of nitrogens with zero attached hydrogens (tertiary/aromatic N) is 2. The first-order valence-electron chi connectivity index (χ1n) is 4.94. The quantitative estimate of drug-likeness (QED) is 0.781. The molecule has 2 aromatic heterocycles. The van der Waals surface area contributed by atoms with E-state index in [-0.39, 0.29) is 0 Å². The van der Waals surface area contributed by atoms with Gasteiger partial charge in [-0.1, -0.05) is 6.07 Å². The standard InChI is InChI=1S/C12H12N2O2/c1-8-3-5-11-13-9(2)10(14(11)7-8)4-6-12(15)16/h3-7H,1-2H3,(H,15,16)/b6-4+. The van der Waals surface area contributed by atoms with Gasteiger partial charge in [0.15, 0.2) is 0 Å². The first kappa shape index (κ1) is 10.4. The van der Waals surface area contributed by atoms with Crippen LogP contribution in [0.25, 0.3) is 11.7 Å². The zero-order valence-electron chi connectivity index (χ0n) is 9.14. The van der Waals surface area contributed by atoms with Crippen LogP contribution in [-0.2, 0) is 4.79 Å². The molecule has 2 heterocycles. The maximum atomic E-state index is 10.5. The van der Waals surface area contributed by atoms with E-state index in [1.54, 1.807) is 6.08 Å². The van der Waals surface area contributed by atoms with Gasteiger partial charge in [-0.15, -0.1) is 0 Å². The molecule has 0 amide bonds. The van der Waals surface area contributed by atoms with Crippen LogP contribution in [0.4, 0.5) is 0 Å². The number of carboxylic acids is 1. The summed E-state index contributed by atoms with van der Waals surface area (Å²) in [5.41, 5.74) is 3.56. The van der Waals surface area contributed by atoms with Crippen molar-refractivity contribution in [1.29, 1.82) is 0 Å². The molecule has 0 unspecified atom stereocenters. The van der Waals surface area contributed by atoms with Crippen LogP contribution in [-0.4, -0.2) is 20.5 Å². The van der Waals surface area contributed by atoms with Crippen molar-refractivity contribution in [2.24, 2.45) is 0 Å². The summed E-state index contributed by atoms with van der Waals surface area (Å²) in [6, 6.07) is 3.90. The predicted molar refractivity (Wildman–Crippen MR) is 61.3 cm³/mol. The molecule has 16 heavy (non-hydrogen) atoms. The van der Waals surface area contributed by atoms with Gasteiger partial charge in [0.1, 0.15) is 5.65 Å².